The number of nitrogens with one attached hydrogen (secondary N) is 2. The number of hydrogen-bond acceptors (Lipinski definition) is 9. The van der Waals surface area contributed by atoms with E-state index in [1.54, 1.807) is 68.4 Å². The highest BCUT2D eigenvalue weighted by Crippen LogP contribution is 2.31. The minimum Gasteiger partial charge on any atom is -0.497 e. The number of methoxy groups -OCH3 is 1. The molecule has 41 heavy (non-hydrogen) atoms. The maximum Gasteiger partial charge on any atom is 0.321 e. The second kappa shape index (κ2) is 13.1. The molecule has 0 bridgehead atoms. The molecular weight excluding hydrogens is 532 g/mol. The van der Waals surface area contributed by atoms with Gasteiger partial charge in [0.15, 0.2) is 0 Å². The Hall–Kier alpha value is -4.72. The van der Waals surface area contributed by atoms with Crippen molar-refractivity contribution in [3.63, 3.8) is 0 Å². The number of benzene rings is 2. The molecule has 0 saturated heterocycles. The van der Waals surface area contributed by atoms with Gasteiger partial charge in [0.2, 0.25) is 5.91 Å². The monoisotopic (exact) mass is 566 g/mol. The molecule has 2 aromatic carbocycles. The Morgan fingerprint density at radius 2 is 1.93 bits per heavy atom. The number of carbonyl (C=O) groups is 3. The van der Waals surface area contributed by atoms with Crippen LogP contribution in [-0.4, -0.2) is 99.0 Å². The summed E-state index contributed by atoms with van der Waals surface area (Å²) in [5, 5.41) is 26.2. The number of aromatic nitrogens is 4. The van der Waals surface area contributed by atoms with Crippen LogP contribution >= 0.6 is 0 Å². The molecule has 1 aliphatic rings. The van der Waals surface area contributed by atoms with E-state index in [0.29, 0.717) is 22.9 Å². The van der Waals surface area contributed by atoms with E-state index in [-0.39, 0.29) is 55.6 Å². The fourth-order valence-electron chi connectivity index (χ4n) is 4.36. The van der Waals surface area contributed by atoms with Crippen LogP contribution in [0.4, 0.5) is 16.2 Å². The highest BCUT2D eigenvalue weighted by Gasteiger charge is 2.34. The molecule has 0 saturated carbocycles. The van der Waals surface area contributed by atoms with Crippen LogP contribution in [0.5, 0.6) is 11.5 Å². The summed E-state index contributed by atoms with van der Waals surface area (Å²) in [6.45, 7) is 3.87. The van der Waals surface area contributed by atoms with Crippen molar-refractivity contribution in [3.8, 4) is 11.5 Å². The van der Waals surface area contributed by atoms with Crippen molar-refractivity contribution >= 4 is 29.2 Å². The molecule has 0 unspecified atom stereocenters. The summed E-state index contributed by atoms with van der Waals surface area (Å²) in [4.78, 5) is 42.2. The molecule has 0 spiro atoms. The normalized spacial score (nSPS) is 17.4. The second-order valence-electron chi connectivity index (χ2n) is 9.93. The zero-order valence-corrected chi connectivity index (χ0v) is 23.4. The number of aliphatic hydroxyl groups is 1. The molecule has 3 aromatic rings. The van der Waals surface area contributed by atoms with Gasteiger partial charge in [0.05, 0.1) is 31.9 Å². The van der Waals surface area contributed by atoms with Gasteiger partial charge in [0.25, 0.3) is 5.91 Å². The second-order valence-corrected chi connectivity index (χ2v) is 9.93. The van der Waals surface area contributed by atoms with Crippen molar-refractivity contribution in [2.24, 2.45) is 5.92 Å². The largest absolute Gasteiger partial charge is 0.497 e. The van der Waals surface area contributed by atoms with Gasteiger partial charge in [-0.1, -0.05) is 6.92 Å². The molecule has 1 aliphatic heterocycles. The first-order valence-corrected chi connectivity index (χ1v) is 13.1. The summed E-state index contributed by atoms with van der Waals surface area (Å²) in [5.41, 5.74) is 1.23. The summed E-state index contributed by atoms with van der Waals surface area (Å²) >= 11 is 0. The molecule has 3 atom stereocenters. The Morgan fingerprint density at radius 3 is 2.59 bits per heavy atom. The third-order valence-corrected chi connectivity index (χ3v) is 6.79. The predicted molar refractivity (Wildman–Crippen MR) is 149 cm³/mol. The molecule has 3 N–H and O–H groups in total. The van der Waals surface area contributed by atoms with E-state index in [4.69, 9.17) is 9.47 Å². The first-order valence-electron chi connectivity index (χ1n) is 13.1. The van der Waals surface area contributed by atoms with Gasteiger partial charge in [0, 0.05) is 30.9 Å². The molecule has 1 aromatic heterocycles. The van der Waals surface area contributed by atoms with E-state index in [0.717, 1.165) is 0 Å². The number of nitrogens with zero attached hydrogens (tertiary/aromatic N) is 6. The standard InChI is InChI=1S/C27H34N8O6/c1-17-12-35(18(2)15-36)26(38)22-11-20(29-25(37)14-34-16-28-31-32-34)7-10-23(22)41-24(17)13-33(3)27(39)30-19-5-8-21(40-4)9-6-19/h5-11,16-18,24,36H,12-15H2,1-4H3,(H,29,37)(H,30,39)/t17-,18-,24+/m1/s1. The number of carbonyl (C=O) groups excluding carboxylic acids is 3. The van der Waals surface area contributed by atoms with Crippen molar-refractivity contribution in [2.75, 3.05) is 44.5 Å². The lowest BCUT2D eigenvalue weighted by molar-refractivity contribution is -0.116. The van der Waals surface area contributed by atoms with Crippen molar-refractivity contribution < 1.29 is 29.0 Å². The molecule has 4 rings (SSSR count). The number of likely N-dealkylation sites (N-methyl/N-ethyl adjacent to an activating group) is 1. The van der Waals surface area contributed by atoms with Crippen molar-refractivity contribution in [3.05, 3.63) is 54.4 Å². The van der Waals surface area contributed by atoms with E-state index < -0.39 is 12.1 Å². The van der Waals surface area contributed by atoms with Crippen LogP contribution in [0.1, 0.15) is 24.2 Å². The highest BCUT2D eigenvalue weighted by atomic mass is 16.5. The maximum absolute atomic E-state index is 13.6. The molecule has 14 heteroatoms. The average molecular weight is 567 g/mol. The van der Waals surface area contributed by atoms with Crippen molar-refractivity contribution in [1.29, 1.82) is 0 Å². The number of ether oxygens (including phenoxy) is 2. The Balaban J connectivity index is 1.53. The van der Waals surface area contributed by atoms with E-state index in [1.807, 2.05) is 6.92 Å². The first-order chi connectivity index (χ1) is 19.7. The molecule has 0 radical (unpaired) electrons. The van der Waals surface area contributed by atoms with Crippen LogP contribution in [0.3, 0.4) is 0 Å². The van der Waals surface area contributed by atoms with E-state index in [2.05, 4.69) is 26.2 Å². The topological polar surface area (TPSA) is 164 Å². The number of amides is 4. The Kier molecular flexibility index (Phi) is 9.34. The van der Waals surface area contributed by atoms with Gasteiger partial charge in [-0.3, -0.25) is 9.59 Å². The van der Waals surface area contributed by atoms with Crippen LogP contribution in [0, 0.1) is 5.92 Å². The van der Waals surface area contributed by atoms with Gasteiger partial charge in [0.1, 0.15) is 30.5 Å². The number of tetrazole rings is 1. The molecule has 0 fully saturated rings. The van der Waals surface area contributed by atoms with Crippen LogP contribution in [0.2, 0.25) is 0 Å². The SMILES string of the molecule is COc1ccc(NC(=O)N(C)C[C@@H]2Oc3ccc(NC(=O)Cn4cnnn4)cc3C(=O)N([C@H](C)CO)C[C@H]2C)cc1. The van der Waals surface area contributed by atoms with Gasteiger partial charge in [-0.05, 0) is 59.8 Å². The quantitative estimate of drug-likeness (QED) is 0.350. The van der Waals surface area contributed by atoms with Crippen LogP contribution < -0.4 is 20.1 Å². The maximum atomic E-state index is 13.6. The minimum absolute atomic E-state index is 0.104. The predicted octanol–water partition coefficient (Wildman–Crippen LogP) is 1.70. The molecule has 0 aliphatic carbocycles. The number of aliphatic hydroxyl groups excluding tert-OH is 1. The Labute approximate surface area is 237 Å². The lowest BCUT2D eigenvalue weighted by Gasteiger charge is -2.38. The Bertz CT molecular complexity index is 1350. The summed E-state index contributed by atoms with van der Waals surface area (Å²) in [7, 11) is 3.23. The number of anilines is 2. The third-order valence-electron chi connectivity index (χ3n) is 6.79. The Morgan fingerprint density at radius 1 is 1.20 bits per heavy atom. The van der Waals surface area contributed by atoms with E-state index in [9.17, 15) is 19.5 Å². The summed E-state index contributed by atoms with van der Waals surface area (Å²) < 4.78 is 12.8. The number of rotatable bonds is 9. The number of hydrogen-bond donors (Lipinski definition) is 3. The van der Waals surface area contributed by atoms with Crippen molar-refractivity contribution in [2.45, 2.75) is 32.5 Å². The third kappa shape index (κ3) is 7.28. The highest BCUT2D eigenvalue weighted by molar-refractivity contribution is 6.00. The smallest absolute Gasteiger partial charge is 0.321 e. The summed E-state index contributed by atoms with van der Waals surface area (Å²) in [6.07, 6.45) is 0.837. The number of fused-ring (bicyclic) bond motifs is 1. The first kappa shape index (κ1) is 29.3. The van der Waals surface area contributed by atoms with Gasteiger partial charge in [-0.25, -0.2) is 9.48 Å². The molecule has 4 amide bonds. The summed E-state index contributed by atoms with van der Waals surface area (Å²) in [5.74, 6) is 0.0809. The van der Waals surface area contributed by atoms with Gasteiger partial charge in [-0.2, -0.15) is 0 Å². The molecular formula is C27H34N8O6. The molecule has 218 valence electrons. The minimum atomic E-state index is -0.484. The van der Waals surface area contributed by atoms with Crippen LogP contribution in [0.15, 0.2) is 48.8 Å². The average Bonchev–Trinajstić information content (AvgIpc) is 3.48. The lowest BCUT2D eigenvalue weighted by atomic mass is 9.99. The van der Waals surface area contributed by atoms with Crippen molar-refractivity contribution in [1.82, 2.24) is 30.0 Å². The van der Waals surface area contributed by atoms with Crippen LogP contribution in [0.25, 0.3) is 0 Å². The lowest BCUT2D eigenvalue weighted by Crippen LogP contribution is -2.50. The molecule has 2 heterocycles. The van der Waals surface area contributed by atoms with Gasteiger partial charge in [-0.15, -0.1) is 5.10 Å². The number of urea groups is 1. The van der Waals surface area contributed by atoms with Crippen LogP contribution in [-0.2, 0) is 11.3 Å². The fraction of sp³-hybridized carbons (Fsp3) is 0.407. The molecule has 14 nitrogen and oxygen atoms in total. The van der Waals surface area contributed by atoms with E-state index in [1.165, 1.54) is 15.9 Å². The van der Waals surface area contributed by atoms with Gasteiger partial charge < -0.3 is 35.0 Å². The fourth-order valence-corrected chi connectivity index (χ4v) is 4.36. The zero-order valence-electron chi connectivity index (χ0n) is 23.4. The van der Waals surface area contributed by atoms with E-state index >= 15 is 0 Å². The summed E-state index contributed by atoms with van der Waals surface area (Å²) in [6, 6.07) is 11.0. The van der Waals surface area contributed by atoms with Gasteiger partial charge >= 0.3 is 6.03 Å². The zero-order chi connectivity index (χ0) is 29.5.